The van der Waals surface area contributed by atoms with Gasteiger partial charge < -0.3 is 5.32 Å². The molecule has 26 heavy (non-hydrogen) atoms. The van der Waals surface area contributed by atoms with Crippen molar-refractivity contribution in [1.82, 2.24) is 0 Å². The molecule has 3 heteroatoms. The third-order valence-corrected chi connectivity index (χ3v) is 6.12. The summed E-state index contributed by atoms with van der Waals surface area (Å²) in [5.41, 5.74) is 7.93. The van der Waals surface area contributed by atoms with E-state index in [9.17, 15) is 9.59 Å². The molecule has 2 aromatic rings. The molecule has 0 saturated heterocycles. The van der Waals surface area contributed by atoms with Crippen molar-refractivity contribution in [3.8, 4) is 0 Å². The molecule has 1 N–H and O–H groups in total. The summed E-state index contributed by atoms with van der Waals surface area (Å²) in [5.74, 6) is 0.287. The Hall–Kier alpha value is -2.42. The molecular formula is C23H27NO2. The van der Waals surface area contributed by atoms with Gasteiger partial charge in [-0.15, -0.1) is 0 Å². The Balaban J connectivity index is 1.86. The Morgan fingerprint density at radius 1 is 0.808 bits per heavy atom. The van der Waals surface area contributed by atoms with E-state index in [4.69, 9.17) is 0 Å². The maximum Gasteiger partial charge on any atom is 0.227 e. The van der Waals surface area contributed by atoms with Crippen LogP contribution in [-0.4, -0.2) is 11.7 Å². The molecule has 1 aliphatic carbocycles. The molecule has 1 amide bonds. The Morgan fingerprint density at radius 3 is 1.77 bits per heavy atom. The van der Waals surface area contributed by atoms with Crippen LogP contribution in [0.3, 0.4) is 0 Å². The quantitative estimate of drug-likeness (QED) is 0.771. The SMILES string of the molecule is Cc1c(C)c(C)c(C(=O)c2ccc(NC(=O)C3CCC3)cc2)c(C)c1C. The number of rotatable bonds is 4. The summed E-state index contributed by atoms with van der Waals surface area (Å²) in [6.07, 6.45) is 3.10. The van der Waals surface area contributed by atoms with Gasteiger partial charge in [-0.25, -0.2) is 0 Å². The van der Waals surface area contributed by atoms with Crippen LogP contribution in [0.15, 0.2) is 24.3 Å². The van der Waals surface area contributed by atoms with Gasteiger partial charge >= 0.3 is 0 Å². The van der Waals surface area contributed by atoms with Crippen LogP contribution in [0, 0.1) is 40.5 Å². The standard InChI is InChI=1S/C23H27NO2/c1-13-14(2)16(4)21(17(5)15(13)3)22(25)18-9-11-20(12-10-18)24-23(26)19-7-6-8-19/h9-12,19H,6-8H2,1-5H3,(H,24,26). The van der Waals surface area contributed by atoms with E-state index < -0.39 is 0 Å². The van der Waals surface area contributed by atoms with Crippen LogP contribution in [0.5, 0.6) is 0 Å². The fourth-order valence-electron chi connectivity index (χ4n) is 3.60. The highest BCUT2D eigenvalue weighted by Crippen LogP contribution is 2.29. The fourth-order valence-corrected chi connectivity index (χ4v) is 3.60. The first kappa shape index (κ1) is 18.4. The molecule has 0 heterocycles. The minimum Gasteiger partial charge on any atom is -0.326 e. The molecule has 2 aromatic carbocycles. The summed E-state index contributed by atoms with van der Waals surface area (Å²) in [6, 6.07) is 7.26. The predicted octanol–water partition coefficient (Wildman–Crippen LogP) is 5.20. The smallest absolute Gasteiger partial charge is 0.227 e. The number of hydrogen-bond donors (Lipinski definition) is 1. The van der Waals surface area contributed by atoms with Crippen molar-refractivity contribution < 1.29 is 9.59 Å². The zero-order valence-corrected chi connectivity index (χ0v) is 16.3. The van der Waals surface area contributed by atoms with E-state index in [-0.39, 0.29) is 17.6 Å². The van der Waals surface area contributed by atoms with Crippen molar-refractivity contribution in [2.24, 2.45) is 5.92 Å². The number of nitrogens with one attached hydrogen (secondary N) is 1. The molecule has 0 atom stereocenters. The highest BCUT2D eigenvalue weighted by Gasteiger charge is 2.25. The number of carbonyl (C=O) groups is 2. The van der Waals surface area contributed by atoms with E-state index in [1.165, 1.54) is 16.7 Å². The topological polar surface area (TPSA) is 46.2 Å². The van der Waals surface area contributed by atoms with Crippen LogP contribution in [0.2, 0.25) is 0 Å². The van der Waals surface area contributed by atoms with Crippen molar-refractivity contribution in [3.63, 3.8) is 0 Å². The average Bonchev–Trinajstić information content (AvgIpc) is 2.57. The second-order valence-electron chi connectivity index (χ2n) is 7.52. The number of ketones is 1. The van der Waals surface area contributed by atoms with Gasteiger partial charge in [-0.05, 0) is 99.5 Å². The van der Waals surface area contributed by atoms with Crippen molar-refractivity contribution in [2.75, 3.05) is 5.32 Å². The first-order chi connectivity index (χ1) is 12.3. The molecule has 3 nitrogen and oxygen atoms in total. The lowest BCUT2D eigenvalue weighted by atomic mass is 9.84. The molecule has 0 aliphatic heterocycles. The molecule has 1 aliphatic rings. The van der Waals surface area contributed by atoms with E-state index in [1.807, 2.05) is 38.1 Å². The van der Waals surface area contributed by atoms with Crippen LogP contribution >= 0.6 is 0 Å². The normalized spacial score (nSPS) is 14.0. The summed E-state index contributed by atoms with van der Waals surface area (Å²) >= 11 is 0. The summed E-state index contributed by atoms with van der Waals surface area (Å²) in [4.78, 5) is 25.2. The van der Waals surface area contributed by atoms with Crippen molar-refractivity contribution in [2.45, 2.75) is 53.9 Å². The van der Waals surface area contributed by atoms with Crippen molar-refractivity contribution in [1.29, 1.82) is 0 Å². The number of amides is 1. The minimum atomic E-state index is 0.0445. The van der Waals surface area contributed by atoms with Crippen LogP contribution in [0.25, 0.3) is 0 Å². The lowest BCUT2D eigenvalue weighted by Gasteiger charge is -2.24. The van der Waals surface area contributed by atoms with Gasteiger partial charge in [0.05, 0.1) is 0 Å². The zero-order chi connectivity index (χ0) is 19.0. The highest BCUT2D eigenvalue weighted by molar-refractivity contribution is 6.11. The van der Waals surface area contributed by atoms with E-state index in [1.54, 1.807) is 0 Å². The first-order valence-corrected chi connectivity index (χ1v) is 9.33. The molecule has 1 saturated carbocycles. The summed E-state index contributed by atoms with van der Waals surface area (Å²) in [7, 11) is 0. The molecule has 0 aromatic heterocycles. The van der Waals surface area contributed by atoms with E-state index in [2.05, 4.69) is 26.1 Å². The Labute approximate surface area is 155 Å². The van der Waals surface area contributed by atoms with Gasteiger partial charge in [-0.3, -0.25) is 9.59 Å². The predicted molar refractivity (Wildman–Crippen MR) is 106 cm³/mol. The minimum absolute atomic E-state index is 0.0445. The lowest BCUT2D eigenvalue weighted by Crippen LogP contribution is -2.28. The van der Waals surface area contributed by atoms with Gasteiger partial charge in [-0.1, -0.05) is 6.42 Å². The summed E-state index contributed by atoms with van der Waals surface area (Å²) in [5, 5.41) is 2.95. The Bertz CT molecular complexity index is 845. The number of benzene rings is 2. The summed E-state index contributed by atoms with van der Waals surface area (Å²) in [6.45, 7) is 10.3. The van der Waals surface area contributed by atoms with Crippen molar-refractivity contribution in [3.05, 3.63) is 63.2 Å². The van der Waals surface area contributed by atoms with Crippen LogP contribution in [-0.2, 0) is 4.79 Å². The molecule has 0 radical (unpaired) electrons. The maximum atomic E-state index is 13.1. The molecular weight excluding hydrogens is 322 g/mol. The maximum absolute atomic E-state index is 13.1. The second kappa shape index (κ2) is 7.06. The van der Waals surface area contributed by atoms with Crippen LogP contribution < -0.4 is 5.32 Å². The van der Waals surface area contributed by atoms with Gasteiger partial charge in [0.15, 0.2) is 5.78 Å². The Morgan fingerprint density at radius 2 is 1.31 bits per heavy atom. The monoisotopic (exact) mass is 349 g/mol. The van der Waals surface area contributed by atoms with Gasteiger partial charge in [0.1, 0.15) is 0 Å². The zero-order valence-electron chi connectivity index (χ0n) is 16.3. The molecule has 136 valence electrons. The number of hydrogen-bond acceptors (Lipinski definition) is 2. The van der Waals surface area contributed by atoms with Gasteiger partial charge in [0, 0.05) is 22.7 Å². The van der Waals surface area contributed by atoms with Crippen molar-refractivity contribution >= 4 is 17.4 Å². The third-order valence-electron chi connectivity index (χ3n) is 6.12. The molecule has 0 spiro atoms. The Kier molecular flexibility index (Phi) is 4.99. The van der Waals surface area contributed by atoms with E-state index >= 15 is 0 Å². The van der Waals surface area contributed by atoms with Gasteiger partial charge in [0.25, 0.3) is 0 Å². The van der Waals surface area contributed by atoms with E-state index in [0.717, 1.165) is 41.6 Å². The average molecular weight is 349 g/mol. The van der Waals surface area contributed by atoms with Crippen LogP contribution in [0.1, 0.15) is 63.0 Å². The van der Waals surface area contributed by atoms with E-state index in [0.29, 0.717) is 5.56 Å². The molecule has 3 rings (SSSR count). The fraction of sp³-hybridized carbons (Fsp3) is 0.391. The lowest BCUT2D eigenvalue weighted by molar-refractivity contribution is -0.122. The molecule has 1 fully saturated rings. The third kappa shape index (κ3) is 3.18. The van der Waals surface area contributed by atoms with Crippen LogP contribution in [0.4, 0.5) is 5.69 Å². The summed E-state index contributed by atoms with van der Waals surface area (Å²) < 4.78 is 0. The van der Waals surface area contributed by atoms with Gasteiger partial charge in [0.2, 0.25) is 5.91 Å². The number of anilines is 1. The molecule has 0 bridgehead atoms. The first-order valence-electron chi connectivity index (χ1n) is 9.33. The highest BCUT2D eigenvalue weighted by atomic mass is 16.2. The molecule has 0 unspecified atom stereocenters. The van der Waals surface area contributed by atoms with Gasteiger partial charge in [-0.2, -0.15) is 0 Å². The second-order valence-corrected chi connectivity index (χ2v) is 7.52. The number of carbonyl (C=O) groups excluding carboxylic acids is 2. The largest absolute Gasteiger partial charge is 0.326 e.